The number of nitrogens with zero attached hydrogens (tertiary/aromatic N) is 1. The summed E-state index contributed by atoms with van der Waals surface area (Å²) in [6.45, 7) is 11.0. The van der Waals surface area contributed by atoms with Crippen molar-refractivity contribution in [1.29, 1.82) is 0 Å². The van der Waals surface area contributed by atoms with Crippen LogP contribution in [0.15, 0.2) is 48.5 Å². The van der Waals surface area contributed by atoms with Crippen molar-refractivity contribution in [3.05, 3.63) is 65.2 Å². The number of phenolic OH excluding ortho intramolecular Hbond substituents is 1. The lowest BCUT2D eigenvalue weighted by Crippen LogP contribution is -2.58. The Morgan fingerprint density at radius 3 is 2.11 bits per heavy atom. The van der Waals surface area contributed by atoms with Crippen LogP contribution in [0.5, 0.6) is 5.75 Å². The maximum Gasteiger partial charge on any atom is 0.408 e. The molecule has 3 N–H and O–H groups in total. The van der Waals surface area contributed by atoms with Crippen LogP contribution >= 0.6 is 0 Å². The number of phenols is 1. The number of benzene rings is 2. The number of hydrogen-bond acceptors (Lipinski definition) is 5. The van der Waals surface area contributed by atoms with Crippen LogP contribution in [0.2, 0.25) is 0 Å². The van der Waals surface area contributed by atoms with E-state index in [1.54, 1.807) is 49.9 Å². The Morgan fingerprint density at radius 2 is 1.61 bits per heavy atom. The van der Waals surface area contributed by atoms with Crippen molar-refractivity contribution in [3.63, 3.8) is 0 Å². The topological polar surface area (TPSA) is 108 Å². The van der Waals surface area contributed by atoms with Crippen molar-refractivity contribution in [2.45, 2.75) is 97.0 Å². The molecule has 8 nitrogen and oxygen atoms in total. The molecule has 1 fully saturated rings. The predicted octanol–water partition coefficient (Wildman–Crippen LogP) is 4.78. The molecule has 0 saturated heterocycles. The van der Waals surface area contributed by atoms with Crippen molar-refractivity contribution in [2.75, 3.05) is 0 Å². The lowest BCUT2D eigenvalue weighted by atomic mass is 9.87. The number of amides is 3. The molecule has 2 aromatic carbocycles. The van der Waals surface area contributed by atoms with Crippen LogP contribution in [-0.2, 0) is 20.7 Å². The van der Waals surface area contributed by atoms with Gasteiger partial charge in [0.2, 0.25) is 11.8 Å². The first-order valence-electron chi connectivity index (χ1n) is 13.3. The molecule has 1 aliphatic carbocycles. The second kappa shape index (κ2) is 12.3. The van der Waals surface area contributed by atoms with Gasteiger partial charge in [0.1, 0.15) is 23.4 Å². The SMILES string of the molecule is Cc1ccc(C(C(=O)NC(C)C)N(C(=O)C(Cc2ccc(O)cc2)NC(=O)OC(C)(C)C)C2CCC2)cc1. The quantitative estimate of drug-likeness (QED) is 0.438. The highest BCUT2D eigenvalue weighted by atomic mass is 16.6. The van der Waals surface area contributed by atoms with Gasteiger partial charge in [-0.2, -0.15) is 0 Å². The number of carbonyl (C=O) groups is 3. The minimum Gasteiger partial charge on any atom is -0.508 e. The third kappa shape index (κ3) is 7.97. The van der Waals surface area contributed by atoms with Gasteiger partial charge in [-0.15, -0.1) is 0 Å². The number of hydrogen-bond donors (Lipinski definition) is 3. The largest absolute Gasteiger partial charge is 0.508 e. The van der Waals surface area contributed by atoms with Crippen molar-refractivity contribution in [2.24, 2.45) is 0 Å². The normalized spacial score (nSPS) is 15.2. The number of rotatable bonds is 9. The van der Waals surface area contributed by atoms with E-state index in [0.29, 0.717) is 0 Å². The van der Waals surface area contributed by atoms with Crippen molar-refractivity contribution >= 4 is 17.9 Å². The summed E-state index contributed by atoms with van der Waals surface area (Å²) >= 11 is 0. The average molecular weight is 524 g/mol. The van der Waals surface area contributed by atoms with Crippen LogP contribution in [-0.4, -0.2) is 51.6 Å². The summed E-state index contributed by atoms with van der Waals surface area (Å²) in [6, 6.07) is 12.1. The van der Waals surface area contributed by atoms with Crippen molar-refractivity contribution in [3.8, 4) is 5.75 Å². The Kier molecular flexibility index (Phi) is 9.41. The zero-order valence-electron chi connectivity index (χ0n) is 23.3. The molecule has 8 heteroatoms. The molecule has 2 unspecified atom stereocenters. The molecule has 0 heterocycles. The lowest BCUT2D eigenvalue weighted by molar-refractivity contribution is -0.147. The van der Waals surface area contributed by atoms with Crippen LogP contribution in [0.1, 0.15) is 76.6 Å². The molecule has 2 aromatic rings. The smallest absolute Gasteiger partial charge is 0.408 e. The fraction of sp³-hybridized carbons (Fsp3) is 0.500. The van der Waals surface area contributed by atoms with Gasteiger partial charge in [0, 0.05) is 18.5 Å². The van der Waals surface area contributed by atoms with Crippen LogP contribution in [0.25, 0.3) is 0 Å². The first kappa shape index (κ1) is 29.0. The van der Waals surface area contributed by atoms with E-state index in [2.05, 4.69) is 10.6 Å². The molecule has 3 rings (SSSR count). The van der Waals surface area contributed by atoms with Gasteiger partial charge in [-0.05, 0) is 84.1 Å². The van der Waals surface area contributed by atoms with Gasteiger partial charge < -0.3 is 25.4 Å². The first-order valence-corrected chi connectivity index (χ1v) is 13.3. The molecule has 1 saturated carbocycles. The Bertz CT molecular complexity index is 1100. The summed E-state index contributed by atoms with van der Waals surface area (Å²) < 4.78 is 5.47. The highest BCUT2D eigenvalue weighted by Gasteiger charge is 2.42. The van der Waals surface area contributed by atoms with E-state index >= 15 is 0 Å². The van der Waals surface area contributed by atoms with E-state index in [9.17, 15) is 19.5 Å². The number of aryl methyl sites for hydroxylation is 1. The van der Waals surface area contributed by atoms with E-state index in [4.69, 9.17) is 4.74 Å². The summed E-state index contributed by atoms with van der Waals surface area (Å²) in [5.74, 6) is -0.500. The number of carbonyl (C=O) groups excluding carboxylic acids is 3. The summed E-state index contributed by atoms with van der Waals surface area (Å²) in [4.78, 5) is 42.4. The van der Waals surface area contributed by atoms with Gasteiger partial charge in [-0.25, -0.2) is 4.79 Å². The van der Waals surface area contributed by atoms with Gasteiger partial charge in [0.15, 0.2) is 0 Å². The summed E-state index contributed by atoms with van der Waals surface area (Å²) in [5.41, 5.74) is 1.78. The van der Waals surface area contributed by atoms with Crippen LogP contribution in [0.3, 0.4) is 0 Å². The predicted molar refractivity (Wildman–Crippen MR) is 147 cm³/mol. The molecule has 38 heavy (non-hydrogen) atoms. The zero-order chi connectivity index (χ0) is 28.0. The summed E-state index contributed by atoms with van der Waals surface area (Å²) in [6.07, 6.45) is 1.99. The number of nitrogens with one attached hydrogen (secondary N) is 2. The number of ether oxygens (including phenoxy) is 1. The van der Waals surface area contributed by atoms with E-state index in [1.165, 1.54) is 0 Å². The molecule has 2 atom stereocenters. The number of aromatic hydroxyl groups is 1. The Balaban J connectivity index is 2.02. The maximum absolute atomic E-state index is 14.3. The first-order chi connectivity index (χ1) is 17.8. The third-order valence-electron chi connectivity index (χ3n) is 6.44. The standard InChI is InChI=1S/C30H41N3O5/c1-19(2)31-27(35)26(22-14-10-20(3)11-15-22)33(23-8-7-9-23)28(36)25(32-29(37)38-30(4,5)6)18-21-12-16-24(34)17-13-21/h10-17,19,23,25-26,34H,7-9,18H2,1-6H3,(H,31,35)(H,32,37). The van der Waals surface area contributed by atoms with Crippen LogP contribution < -0.4 is 10.6 Å². The van der Waals surface area contributed by atoms with Gasteiger partial charge in [-0.1, -0.05) is 42.0 Å². The van der Waals surface area contributed by atoms with E-state index in [-0.39, 0.29) is 36.1 Å². The molecule has 0 spiro atoms. The number of alkyl carbamates (subject to hydrolysis) is 1. The second-order valence-corrected chi connectivity index (χ2v) is 11.4. The second-order valence-electron chi connectivity index (χ2n) is 11.4. The third-order valence-corrected chi connectivity index (χ3v) is 6.44. The molecule has 0 aromatic heterocycles. The van der Waals surface area contributed by atoms with E-state index in [1.807, 2.05) is 45.0 Å². The Hall–Kier alpha value is -3.55. The van der Waals surface area contributed by atoms with Crippen molar-refractivity contribution in [1.82, 2.24) is 15.5 Å². The van der Waals surface area contributed by atoms with Gasteiger partial charge >= 0.3 is 6.09 Å². The molecule has 1 aliphatic rings. The van der Waals surface area contributed by atoms with Gasteiger partial charge in [0.25, 0.3) is 0 Å². The van der Waals surface area contributed by atoms with Crippen LogP contribution in [0.4, 0.5) is 4.79 Å². The highest BCUT2D eigenvalue weighted by molar-refractivity contribution is 5.92. The fourth-order valence-corrected chi connectivity index (χ4v) is 4.43. The van der Waals surface area contributed by atoms with E-state index < -0.39 is 23.8 Å². The van der Waals surface area contributed by atoms with E-state index in [0.717, 1.165) is 36.0 Å². The lowest BCUT2D eigenvalue weighted by Gasteiger charge is -2.43. The summed E-state index contributed by atoms with van der Waals surface area (Å²) in [5, 5.41) is 15.5. The minimum absolute atomic E-state index is 0.109. The monoisotopic (exact) mass is 523 g/mol. The molecule has 0 radical (unpaired) electrons. The molecule has 206 valence electrons. The molecule has 0 aliphatic heterocycles. The Labute approximate surface area is 225 Å². The van der Waals surface area contributed by atoms with Gasteiger partial charge in [-0.3, -0.25) is 9.59 Å². The fourth-order valence-electron chi connectivity index (χ4n) is 4.43. The zero-order valence-corrected chi connectivity index (χ0v) is 23.3. The van der Waals surface area contributed by atoms with Gasteiger partial charge in [0.05, 0.1) is 0 Å². The molecular formula is C30H41N3O5. The highest BCUT2D eigenvalue weighted by Crippen LogP contribution is 2.34. The molecule has 3 amide bonds. The average Bonchev–Trinajstić information content (AvgIpc) is 2.77. The van der Waals surface area contributed by atoms with Crippen molar-refractivity contribution < 1.29 is 24.2 Å². The van der Waals surface area contributed by atoms with Crippen LogP contribution in [0, 0.1) is 6.92 Å². The summed E-state index contributed by atoms with van der Waals surface area (Å²) in [7, 11) is 0. The molecular weight excluding hydrogens is 482 g/mol. The Morgan fingerprint density at radius 1 is 1.00 bits per heavy atom. The molecule has 0 bridgehead atoms. The maximum atomic E-state index is 14.3. The minimum atomic E-state index is -0.977.